The number of hydrogen-bond acceptors (Lipinski definition) is 4. The van der Waals surface area contributed by atoms with Gasteiger partial charge in [-0.2, -0.15) is 13.2 Å². The van der Waals surface area contributed by atoms with Gasteiger partial charge in [-0.25, -0.2) is 4.79 Å². The number of oxime groups is 1. The number of carbonyl (C=O) groups excluding carboxylic acids is 1. The van der Waals surface area contributed by atoms with Gasteiger partial charge in [-0.05, 0) is 48.4 Å². The summed E-state index contributed by atoms with van der Waals surface area (Å²) in [5.41, 5.74) is -2.60. The van der Waals surface area contributed by atoms with Crippen molar-refractivity contribution in [3.8, 4) is 0 Å². The molecule has 1 aliphatic heterocycles. The topological polar surface area (TPSA) is 76.0 Å². The largest absolute Gasteiger partial charge is 0.475 e. The number of rotatable bonds is 4. The summed E-state index contributed by atoms with van der Waals surface area (Å²) in [6, 6.07) is 7.46. The van der Waals surface area contributed by atoms with E-state index < -0.39 is 30.0 Å². The lowest BCUT2D eigenvalue weighted by Gasteiger charge is -2.29. The van der Waals surface area contributed by atoms with E-state index in [0.717, 1.165) is 12.1 Å². The molecule has 1 heterocycles. The molecule has 2 aromatic rings. The van der Waals surface area contributed by atoms with Gasteiger partial charge in [0.1, 0.15) is 0 Å². The quantitative estimate of drug-likeness (QED) is 0.521. The minimum atomic E-state index is -4.83. The van der Waals surface area contributed by atoms with Gasteiger partial charge in [-0.3, -0.25) is 4.79 Å². The Kier molecular flexibility index (Phi) is 5.36. The van der Waals surface area contributed by atoms with E-state index in [-0.39, 0.29) is 38.0 Å². The number of carbonyl (C=O) groups is 2. The Balaban J connectivity index is 2.00. The molecule has 0 saturated heterocycles. The second kappa shape index (κ2) is 7.35. The molecule has 2 aromatic carbocycles. The zero-order chi connectivity index (χ0) is 21.6. The van der Waals surface area contributed by atoms with Crippen molar-refractivity contribution in [2.75, 3.05) is 0 Å². The molecular formula is C19H12Cl2F3NO4. The Morgan fingerprint density at radius 3 is 2.28 bits per heavy atom. The number of aliphatic carboxylic acids is 1. The Labute approximate surface area is 172 Å². The molecule has 0 radical (unpaired) electrons. The van der Waals surface area contributed by atoms with Crippen molar-refractivity contribution < 1.29 is 32.7 Å². The Hall–Kier alpha value is -2.58. The van der Waals surface area contributed by atoms with Crippen LogP contribution in [0, 0.1) is 6.92 Å². The first-order chi connectivity index (χ1) is 13.4. The molecule has 0 amide bonds. The molecule has 10 heteroatoms. The van der Waals surface area contributed by atoms with Crippen LogP contribution in [0.5, 0.6) is 0 Å². The molecule has 0 aromatic heterocycles. The molecule has 152 valence electrons. The molecule has 1 atom stereocenters. The van der Waals surface area contributed by atoms with E-state index in [1.807, 2.05) is 0 Å². The van der Waals surface area contributed by atoms with Gasteiger partial charge < -0.3 is 9.94 Å². The van der Waals surface area contributed by atoms with Gasteiger partial charge in [-0.1, -0.05) is 34.4 Å². The highest BCUT2D eigenvalue weighted by atomic mass is 35.5. The summed E-state index contributed by atoms with van der Waals surface area (Å²) in [5.74, 6) is -2.74. The maximum absolute atomic E-state index is 14.0. The number of aryl methyl sites for hydroxylation is 1. The van der Waals surface area contributed by atoms with E-state index in [2.05, 4.69) is 5.16 Å². The van der Waals surface area contributed by atoms with Crippen molar-refractivity contribution >= 4 is 40.7 Å². The second-order valence-electron chi connectivity index (χ2n) is 6.45. The zero-order valence-corrected chi connectivity index (χ0v) is 16.2. The van der Waals surface area contributed by atoms with Gasteiger partial charge in [0.25, 0.3) is 11.4 Å². The van der Waals surface area contributed by atoms with Gasteiger partial charge in [0.2, 0.25) is 0 Å². The summed E-state index contributed by atoms with van der Waals surface area (Å²) in [7, 11) is 0. The van der Waals surface area contributed by atoms with Crippen LogP contribution in [-0.2, 0) is 15.2 Å². The summed E-state index contributed by atoms with van der Waals surface area (Å²) < 4.78 is 42.0. The lowest BCUT2D eigenvalue weighted by atomic mass is 9.86. The first-order valence-electron chi connectivity index (χ1n) is 8.11. The van der Waals surface area contributed by atoms with Crippen LogP contribution in [0.4, 0.5) is 13.2 Å². The number of carboxylic acid groups (broad SMARTS) is 1. The Morgan fingerprint density at radius 1 is 1.14 bits per heavy atom. The molecule has 0 saturated carbocycles. The number of ketones is 1. The van der Waals surface area contributed by atoms with E-state index >= 15 is 0 Å². The van der Waals surface area contributed by atoms with Crippen molar-refractivity contribution in [2.45, 2.75) is 25.1 Å². The highest BCUT2D eigenvalue weighted by Crippen LogP contribution is 2.49. The number of hydrogen-bond donors (Lipinski definition) is 1. The zero-order valence-electron chi connectivity index (χ0n) is 14.7. The van der Waals surface area contributed by atoms with Crippen molar-refractivity contribution in [3.63, 3.8) is 0 Å². The highest BCUT2D eigenvalue weighted by Gasteiger charge is 2.62. The minimum Gasteiger partial charge on any atom is -0.475 e. The third-order valence-corrected chi connectivity index (χ3v) is 4.95. The SMILES string of the molecule is Cc1cc(C2=NOC(c3cc(Cl)cc(Cl)c3)(C(F)(F)F)C2)ccc1C(=O)C(=O)O. The maximum atomic E-state index is 14.0. The Morgan fingerprint density at radius 2 is 1.76 bits per heavy atom. The molecule has 1 N–H and O–H groups in total. The van der Waals surface area contributed by atoms with Crippen LogP contribution in [0.15, 0.2) is 41.6 Å². The molecule has 0 bridgehead atoms. The molecule has 29 heavy (non-hydrogen) atoms. The summed E-state index contributed by atoms with van der Waals surface area (Å²) in [5, 5.41) is 12.5. The van der Waals surface area contributed by atoms with Crippen LogP contribution in [0.25, 0.3) is 0 Å². The van der Waals surface area contributed by atoms with Crippen LogP contribution in [-0.4, -0.2) is 28.7 Å². The Bertz CT molecular complexity index is 1030. The highest BCUT2D eigenvalue weighted by molar-refractivity contribution is 6.40. The van der Waals surface area contributed by atoms with E-state index in [1.165, 1.54) is 31.2 Å². The summed E-state index contributed by atoms with van der Waals surface area (Å²) in [4.78, 5) is 27.4. The van der Waals surface area contributed by atoms with Gasteiger partial charge in [0.15, 0.2) is 0 Å². The fourth-order valence-electron chi connectivity index (χ4n) is 3.06. The van der Waals surface area contributed by atoms with Gasteiger partial charge in [0, 0.05) is 27.6 Å². The average molecular weight is 446 g/mol. The molecule has 5 nitrogen and oxygen atoms in total. The summed E-state index contributed by atoms with van der Waals surface area (Å²) in [6.07, 6.45) is -5.49. The number of nitrogens with zero attached hydrogens (tertiary/aromatic N) is 1. The fraction of sp³-hybridized carbons (Fsp3) is 0.211. The maximum Gasteiger partial charge on any atom is 0.435 e. The van der Waals surface area contributed by atoms with Crippen molar-refractivity contribution in [1.29, 1.82) is 0 Å². The predicted octanol–water partition coefficient (Wildman–Crippen LogP) is 5.15. The number of halogens is 5. The molecule has 0 spiro atoms. The predicted molar refractivity (Wildman–Crippen MR) is 99.6 cm³/mol. The fourth-order valence-corrected chi connectivity index (χ4v) is 3.58. The van der Waals surface area contributed by atoms with Gasteiger partial charge >= 0.3 is 12.1 Å². The molecule has 1 aliphatic rings. The van der Waals surface area contributed by atoms with Crippen LogP contribution in [0.3, 0.4) is 0 Å². The van der Waals surface area contributed by atoms with Crippen LogP contribution in [0.2, 0.25) is 10.0 Å². The lowest BCUT2D eigenvalue weighted by Crippen LogP contribution is -2.42. The normalized spacial score (nSPS) is 18.9. The minimum absolute atomic E-state index is 0.0144. The van der Waals surface area contributed by atoms with Crippen molar-refractivity contribution in [2.24, 2.45) is 5.16 Å². The van der Waals surface area contributed by atoms with Crippen LogP contribution < -0.4 is 0 Å². The smallest absolute Gasteiger partial charge is 0.435 e. The van der Waals surface area contributed by atoms with Gasteiger partial charge in [0.05, 0.1) is 5.71 Å². The summed E-state index contributed by atoms with van der Waals surface area (Å²) >= 11 is 11.7. The van der Waals surface area contributed by atoms with Crippen molar-refractivity contribution in [1.82, 2.24) is 0 Å². The van der Waals surface area contributed by atoms with Gasteiger partial charge in [-0.15, -0.1) is 0 Å². The van der Waals surface area contributed by atoms with E-state index in [4.69, 9.17) is 33.1 Å². The molecule has 3 rings (SSSR count). The second-order valence-corrected chi connectivity index (χ2v) is 7.33. The lowest BCUT2D eigenvalue weighted by molar-refractivity contribution is -0.275. The summed E-state index contributed by atoms with van der Waals surface area (Å²) in [6.45, 7) is 1.48. The molecular weight excluding hydrogens is 434 g/mol. The van der Waals surface area contributed by atoms with E-state index in [1.54, 1.807) is 0 Å². The number of alkyl halides is 3. The first-order valence-corrected chi connectivity index (χ1v) is 8.87. The van der Waals surface area contributed by atoms with Crippen molar-refractivity contribution in [3.05, 3.63) is 68.7 Å². The third-order valence-electron chi connectivity index (χ3n) is 4.51. The number of benzene rings is 2. The monoisotopic (exact) mass is 445 g/mol. The first kappa shape index (κ1) is 21.1. The number of carboxylic acids is 1. The standard InChI is InChI=1S/C19H12Cl2F3NO4/c1-9-4-10(2-3-14(9)16(26)17(27)28)15-8-18(29-25-15,19(22,23)24)11-5-12(20)7-13(21)6-11/h2-7H,8H2,1H3,(H,27,28). The van der Waals surface area contributed by atoms with Crippen LogP contribution in [0.1, 0.15) is 33.5 Å². The molecule has 0 fully saturated rings. The molecule has 0 aliphatic carbocycles. The molecule has 1 unspecified atom stereocenters. The van der Waals surface area contributed by atoms with E-state index in [9.17, 15) is 22.8 Å². The van der Waals surface area contributed by atoms with Crippen LogP contribution >= 0.6 is 23.2 Å². The third kappa shape index (κ3) is 3.82. The van der Waals surface area contributed by atoms with E-state index in [0.29, 0.717) is 0 Å². The number of Topliss-reactive ketones (excluding diaryl/α,β-unsaturated/α-hetero) is 1. The average Bonchev–Trinajstić information content (AvgIpc) is 3.07.